The van der Waals surface area contributed by atoms with Gasteiger partial charge < -0.3 is 11.1 Å². The fraction of sp³-hybridized carbons (Fsp3) is 0.400. The first-order valence-corrected chi connectivity index (χ1v) is 8.09. The van der Waals surface area contributed by atoms with Crippen LogP contribution in [0.5, 0.6) is 0 Å². The summed E-state index contributed by atoms with van der Waals surface area (Å²) in [7, 11) is 0. The Hall–Kier alpha value is -1.64. The van der Waals surface area contributed by atoms with Crippen LogP contribution in [-0.4, -0.2) is 12.1 Å². The Morgan fingerprint density at radius 3 is 1.73 bits per heavy atom. The van der Waals surface area contributed by atoms with Crippen LogP contribution >= 0.6 is 0 Å². The molecule has 2 aromatic rings. The van der Waals surface area contributed by atoms with E-state index in [2.05, 4.69) is 79.8 Å². The second kappa shape index (κ2) is 10.1. The minimum atomic E-state index is 0.333. The summed E-state index contributed by atoms with van der Waals surface area (Å²) in [5.74, 6) is 0. The van der Waals surface area contributed by atoms with Crippen molar-refractivity contribution in [1.82, 2.24) is 5.32 Å². The van der Waals surface area contributed by atoms with Gasteiger partial charge in [-0.25, -0.2) is 0 Å². The molecule has 0 aromatic heterocycles. The van der Waals surface area contributed by atoms with Gasteiger partial charge in [0.05, 0.1) is 0 Å². The van der Waals surface area contributed by atoms with Crippen LogP contribution in [0.2, 0.25) is 0 Å². The molecule has 3 N–H and O–H groups in total. The highest BCUT2D eigenvalue weighted by Crippen LogP contribution is 2.18. The van der Waals surface area contributed by atoms with Crippen LogP contribution < -0.4 is 11.1 Å². The topological polar surface area (TPSA) is 38.0 Å². The summed E-state index contributed by atoms with van der Waals surface area (Å²) in [5.41, 5.74) is 7.84. The molecule has 0 aliphatic rings. The number of rotatable bonds is 5. The van der Waals surface area contributed by atoms with E-state index >= 15 is 0 Å². The monoisotopic (exact) mass is 298 g/mol. The first-order chi connectivity index (χ1) is 10.5. The lowest BCUT2D eigenvalue weighted by Gasteiger charge is -2.22. The predicted octanol–water partition coefficient (Wildman–Crippen LogP) is 4.32. The molecule has 0 aliphatic carbocycles. The minimum Gasteiger partial charge on any atom is -0.328 e. The molecule has 120 valence electrons. The summed E-state index contributed by atoms with van der Waals surface area (Å²) in [6, 6.07) is 22.5. The fourth-order valence-corrected chi connectivity index (χ4v) is 2.21. The van der Waals surface area contributed by atoms with Gasteiger partial charge in [0.15, 0.2) is 0 Å². The molecule has 2 rings (SSSR count). The Balaban J connectivity index is 0.000000541. The van der Waals surface area contributed by atoms with E-state index in [1.54, 1.807) is 0 Å². The molecule has 0 saturated heterocycles. The van der Waals surface area contributed by atoms with Crippen LogP contribution in [0.25, 0.3) is 0 Å². The zero-order valence-corrected chi connectivity index (χ0v) is 14.3. The molecule has 2 nitrogen and oxygen atoms in total. The molecule has 0 heterocycles. The maximum Gasteiger partial charge on any atom is 0.0362 e. The molecule has 0 spiro atoms. The molecule has 22 heavy (non-hydrogen) atoms. The number of nitrogens with one attached hydrogen (secondary N) is 1. The van der Waals surface area contributed by atoms with Crippen molar-refractivity contribution in [3.63, 3.8) is 0 Å². The van der Waals surface area contributed by atoms with Crippen LogP contribution in [0.15, 0.2) is 60.7 Å². The van der Waals surface area contributed by atoms with E-state index in [1.165, 1.54) is 11.1 Å². The molecule has 0 bridgehead atoms. The normalized spacial score (nSPS) is 12.0. The van der Waals surface area contributed by atoms with Crippen molar-refractivity contribution in [2.75, 3.05) is 0 Å². The summed E-state index contributed by atoms with van der Waals surface area (Å²) < 4.78 is 0. The van der Waals surface area contributed by atoms with Crippen molar-refractivity contribution < 1.29 is 0 Å². The fourth-order valence-electron chi connectivity index (χ4n) is 2.21. The molecule has 1 atom stereocenters. The van der Waals surface area contributed by atoms with Crippen molar-refractivity contribution in [2.24, 2.45) is 5.73 Å². The quantitative estimate of drug-likeness (QED) is 0.862. The second-order valence-electron chi connectivity index (χ2n) is 6.22. The van der Waals surface area contributed by atoms with Gasteiger partial charge in [-0.15, -0.1) is 0 Å². The summed E-state index contributed by atoms with van der Waals surface area (Å²) in [6.45, 7) is 8.28. The molecular weight excluding hydrogens is 268 g/mol. The highest BCUT2D eigenvalue weighted by molar-refractivity contribution is 5.23. The van der Waals surface area contributed by atoms with Crippen LogP contribution in [0.1, 0.15) is 44.9 Å². The summed E-state index contributed by atoms with van der Waals surface area (Å²) in [6.07, 6.45) is 1.03. The average molecular weight is 298 g/mol. The van der Waals surface area contributed by atoms with E-state index in [1.807, 2.05) is 13.8 Å². The van der Waals surface area contributed by atoms with Crippen molar-refractivity contribution in [3.8, 4) is 0 Å². The van der Waals surface area contributed by atoms with Gasteiger partial charge in [-0.1, -0.05) is 88.4 Å². The third kappa shape index (κ3) is 7.96. The molecular formula is C20H30N2. The first-order valence-electron chi connectivity index (χ1n) is 8.09. The molecule has 0 fully saturated rings. The van der Waals surface area contributed by atoms with Crippen molar-refractivity contribution in [2.45, 2.75) is 52.2 Å². The number of hydrogen-bond donors (Lipinski definition) is 2. The van der Waals surface area contributed by atoms with Crippen molar-refractivity contribution in [1.29, 1.82) is 0 Å². The molecule has 0 radical (unpaired) electrons. The average Bonchev–Trinajstić information content (AvgIpc) is 2.47. The van der Waals surface area contributed by atoms with Gasteiger partial charge in [-0.05, 0) is 23.6 Å². The highest BCUT2D eigenvalue weighted by Gasteiger charge is 2.12. The van der Waals surface area contributed by atoms with E-state index in [-0.39, 0.29) is 0 Å². The van der Waals surface area contributed by atoms with Crippen molar-refractivity contribution >= 4 is 0 Å². The molecule has 1 unspecified atom stereocenters. The van der Waals surface area contributed by atoms with Crippen LogP contribution in [0.4, 0.5) is 0 Å². The van der Waals surface area contributed by atoms with Gasteiger partial charge in [-0.3, -0.25) is 0 Å². The second-order valence-corrected chi connectivity index (χ2v) is 6.22. The van der Waals surface area contributed by atoms with E-state index in [4.69, 9.17) is 5.73 Å². The Labute approximate surface area is 135 Å². The van der Waals surface area contributed by atoms with Crippen molar-refractivity contribution in [3.05, 3.63) is 71.8 Å². The molecule has 2 aromatic carbocycles. The smallest absolute Gasteiger partial charge is 0.0362 e. The molecule has 0 amide bonds. The van der Waals surface area contributed by atoms with Gasteiger partial charge in [0.1, 0.15) is 0 Å². The highest BCUT2D eigenvalue weighted by atomic mass is 14.9. The lowest BCUT2D eigenvalue weighted by molar-refractivity contribution is 0.475. The van der Waals surface area contributed by atoms with E-state index < -0.39 is 0 Å². The number of benzene rings is 2. The first kappa shape index (κ1) is 18.4. The summed E-state index contributed by atoms with van der Waals surface area (Å²) >= 11 is 0. The minimum absolute atomic E-state index is 0.333. The van der Waals surface area contributed by atoms with Gasteiger partial charge in [0, 0.05) is 12.1 Å². The molecule has 0 saturated carbocycles. The van der Waals surface area contributed by atoms with Gasteiger partial charge in [-0.2, -0.15) is 0 Å². The van der Waals surface area contributed by atoms with Gasteiger partial charge >= 0.3 is 0 Å². The number of nitrogens with two attached hydrogens (primary N) is 1. The SMILES string of the molecule is CC(C)N.CC(C)NC(Cc1ccccc1)c1ccccc1. The zero-order valence-electron chi connectivity index (χ0n) is 14.3. The van der Waals surface area contributed by atoms with Gasteiger partial charge in [0.2, 0.25) is 0 Å². The Kier molecular flexibility index (Phi) is 8.49. The standard InChI is InChI=1S/C17H21N.C3H9N/c1-14(2)18-17(16-11-7-4-8-12-16)13-15-9-5-3-6-10-15;1-3(2)4/h3-12,14,17-18H,13H2,1-2H3;3H,4H2,1-2H3. The lowest BCUT2D eigenvalue weighted by atomic mass is 9.98. The maximum absolute atomic E-state index is 5.11. The van der Waals surface area contributed by atoms with Crippen LogP contribution in [-0.2, 0) is 6.42 Å². The molecule has 2 heteroatoms. The maximum atomic E-state index is 5.11. The Morgan fingerprint density at radius 1 is 0.818 bits per heavy atom. The summed E-state index contributed by atoms with van der Waals surface area (Å²) in [5, 5.41) is 3.64. The third-order valence-corrected chi connectivity index (χ3v) is 3.02. The van der Waals surface area contributed by atoms with E-state index in [9.17, 15) is 0 Å². The Bertz CT molecular complexity index is 489. The lowest BCUT2D eigenvalue weighted by Crippen LogP contribution is -2.29. The van der Waals surface area contributed by atoms with E-state index in [0.717, 1.165) is 6.42 Å². The Morgan fingerprint density at radius 2 is 1.27 bits per heavy atom. The third-order valence-electron chi connectivity index (χ3n) is 3.02. The van der Waals surface area contributed by atoms with Crippen LogP contribution in [0, 0.1) is 0 Å². The number of hydrogen-bond acceptors (Lipinski definition) is 2. The summed E-state index contributed by atoms with van der Waals surface area (Å²) in [4.78, 5) is 0. The predicted molar refractivity (Wildman–Crippen MR) is 96.9 cm³/mol. The molecule has 0 aliphatic heterocycles. The largest absolute Gasteiger partial charge is 0.328 e. The van der Waals surface area contributed by atoms with Gasteiger partial charge in [0.25, 0.3) is 0 Å². The zero-order chi connectivity index (χ0) is 16.4. The van der Waals surface area contributed by atoms with E-state index in [0.29, 0.717) is 18.1 Å². The van der Waals surface area contributed by atoms with Crippen LogP contribution in [0.3, 0.4) is 0 Å².